The van der Waals surface area contributed by atoms with Gasteiger partial charge in [0, 0.05) is 12.6 Å². The van der Waals surface area contributed by atoms with E-state index in [1.807, 2.05) is 0 Å². The lowest BCUT2D eigenvalue weighted by atomic mass is 10.2. The monoisotopic (exact) mass is 247 g/mol. The van der Waals surface area contributed by atoms with Crippen LogP contribution in [0.3, 0.4) is 0 Å². The minimum absolute atomic E-state index is 0.786. The first-order valence-corrected chi connectivity index (χ1v) is 7.30. The average Bonchev–Trinajstić information content (AvgIpc) is 2.92. The van der Waals surface area contributed by atoms with E-state index < -0.39 is 0 Å². The van der Waals surface area contributed by atoms with Crippen molar-refractivity contribution < 1.29 is 4.74 Å². The molecule has 0 bridgehead atoms. The van der Waals surface area contributed by atoms with Gasteiger partial charge in [0.15, 0.2) is 0 Å². The van der Waals surface area contributed by atoms with Gasteiger partial charge in [-0.1, -0.05) is 43.2 Å². The summed E-state index contributed by atoms with van der Waals surface area (Å²) < 4.78 is 5.66. The molecule has 0 spiro atoms. The van der Waals surface area contributed by atoms with E-state index >= 15 is 0 Å². The van der Waals surface area contributed by atoms with Crippen LogP contribution in [0.25, 0.3) is 0 Å². The molecule has 0 atom stereocenters. The SMILES string of the molecule is c1ccc(CCOCCCNC2CCCC2)cc1. The molecule has 0 aromatic heterocycles. The molecule has 1 saturated carbocycles. The third kappa shape index (κ3) is 5.19. The highest BCUT2D eigenvalue weighted by molar-refractivity contribution is 5.14. The van der Waals surface area contributed by atoms with Crippen LogP contribution < -0.4 is 5.32 Å². The molecule has 0 aliphatic heterocycles. The van der Waals surface area contributed by atoms with Crippen LogP contribution in [-0.4, -0.2) is 25.8 Å². The van der Waals surface area contributed by atoms with E-state index in [4.69, 9.17) is 4.74 Å². The zero-order valence-electron chi connectivity index (χ0n) is 11.2. The largest absolute Gasteiger partial charge is 0.381 e. The Morgan fingerprint density at radius 3 is 2.61 bits per heavy atom. The molecule has 1 aromatic rings. The highest BCUT2D eigenvalue weighted by atomic mass is 16.5. The van der Waals surface area contributed by atoms with Crippen LogP contribution in [0.5, 0.6) is 0 Å². The summed E-state index contributed by atoms with van der Waals surface area (Å²) in [6.07, 6.45) is 7.71. The van der Waals surface area contributed by atoms with E-state index in [1.54, 1.807) is 0 Å². The fraction of sp³-hybridized carbons (Fsp3) is 0.625. The number of ether oxygens (including phenoxy) is 1. The van der Waals surface area contributed by atoms with Crippen molar-refractivity contribution in [2.24, 2.45) is 0 Å². The van der Waals surface area contributed by atoms with Gasteiger partial charge in [0.25, 0.3) is 0 Å². The first kappa shape index (κ1) is 13.6. The molecule has 0 radical (unpaired) electrons. The summed E-state index contributed by atoms with van der Waals surface area (Å²) in [6, 6.07) is 11.3. The Hall–Kier alpha value is -0.860. The Morgan fingerprint density at radius 2 is 1.83 bits per heavy atom. The Labute approximate surface area is 111 Å². The third-order valence-corrected chi connectivity index (χ3v) is 3.63. The lowest BCUT2D eigenvalue weighted by Gasteiger charge is -2.11. The molecule has 1 aliphatic carbocycles. The molecule has 0 unspecified atom stereocenters. The van der Waals surface area contributed by atoms with Crippen LogP contribution >= 0.6 is 0 Å². The number of rotatable bonds is 8. The van der Waals surface area contributed by atoms with Gasteiger partial charge in [-0.3, -0.25) is 0 Å². The van der Waals surface area contributed by atoms with Crippen LogP contribution in [0.1, 0.15) is 37.7 Å². The quantitative estimate of drug-likeness (QED) is 0.712. The summed E-state index contributed by atoms with van der Waals surface area (Å²) in [5, 5.41) is 3.61. The zero-order chi connectivity index (χ0) is 12.5. The van der Waals surface area contributed by atoms with E-state index in [0.717, 1.165) is 38.6 Å². The minimum atomic E-state index is 0.786. The van der Waals surface area contributed by atoms with Crippen molar-refractivity contribution in [3.8, 4) is 0 Å². The molecular weight excluding hydrogens is 222 g/mol. The first-order valence-electron chi connectivity index (χ1n) is 7.30. The highest BCUT2D eigenvalue weighted by Gasteiger charge is 2.12. The van der Waals surface area contributed by atoms with E-state index in [2.05, 4.69) is 35.6 Å². The van der Waals surface area contributed by atoms with Gasteiger partial charge in [0.2, 0.25) is 0 Å². The van der Waals surface area contributed by atoms with Crippen molar-refractivity contribution in [2.75, 3.05) is 19.8 Å². The lowest BCUT2D eigenvalue weighted by Crippen LogP contribution is -2.27. The van der Waals surface area contributed by atoms with Crippen molar-refractivity contribution >= 4 is 0 Å². The van der Waals surface area contributed by atoms with Crippen molar-refractivity contribution in [3.63, 3.8) is 0 Å². The van der Waals surface area contributed by atoms with Crippen molar-refractivity contribution in [3.05, 3.63) is 35.9 Å². The van der Waals surface area contributed by atoms with Gasteiger partial charge in [0.05, 0.1) is 6.61 Å². The second-order valence-corrected chi connectivity index (χ2v) is 5.14. The first-order chi connectivity index (χ1) is 8.95. The maximum absolute atomic E-state index is 5.66. The maximum Gasteiger partial charge on any atom is 0.0506 e. The number of hydrogen-bond acceptors (Lipinski definition) is 2. The molecule has 0 amide bonds. The van der Waals surface area contributed by atoms with E-state index in [-0.39, 0.29) is 0 Å². The van der Waals surface area contributed by atoms with Gasteiger partial charge in [0.1, 0.15) is 0 Å². The molecular formula is C16H25NO. The molecule has 1 N–H and O–H groups in total. The zero-order valence-corrected chi connectivity index (χ0v) is 11.2. The van der Waals surface area contributed by atoms with Gasteiger partial charge in [-0.15, -0.1) is 0 Å². The van der Waals surface area contributed by atoms with Crippen LogP contribution in [0, 0.1) is 0 Å². The van der Waals surface area contributed by atoms with Crippen LogP contribution in [0.2, 0.25) is 0 Å². The topological polar surface area (TPSA) is 21.3 Å². The highest BCUT2D eigenvalue weighted by Crippen LogP contribution is 2.17. The van der Waals surface area contributed by atoms with E-state index in [1.165, 1.54) is 31.2 Å². The molecule has 2 rings (SSSR count). The summed E-state index contributed by atoms with van der Waals surface area (Å²) >= 11 is 0. The second-order valence-electron chi connectivity index (χ2n) is 5.14. The summed E-state index contributed by atoms with van der Waals surface area (Å²) in [7, 11) is 0. The van der Waals surface area contributed by atoms with Crippen LogP contribution in [0.15, 0.2) is 30.3 Å². The summed E-state index contributed by atoms with van der Waals surface area (Å²) in [5.74, 6) is 0. The predicted octanol–water partition coefficient (Wildman–Crippen LogP) is 3.17. The molecule has 0 heterocycles. The fourth-order valence-corrected chi connectivity index (χ4v) is 2.55. The molecule has 1 aliphatic rings. The predicted molar refractivity (Wildman–Crippen MR) is 75.8 cm³/mol. The summed E-state index contributed by atoms with van der Waals surface area (Å²) in [5.41, 5.74) is 1.36. The molecule has 1 aromatic carbocycles. The third-order valence-electron chi connectivity index (χ3n) is 3.63. The normalized spacial score (nSPS) is 16.2. The van der Waals surface area contributed by atoms with Crippen molar-refractivity contribution in [2.45, 2.75) is 44.6 Å². The second kappa shape index (κ2) is 8.28. The Morgan fingerprint density at radius 1 is 1.06 bits per heavy atom. The summed E-state index contributed by atoms with van der Waals surface area (Å²) in [6.45, 7) is 2.83. The van der Waals surface area contributed by atoms with Gasteiger partial charge in [-0.2, -0.15) is 0 Å². The molecule has 18 heavy (non-hydrogen) atoms. The molecule has 1 fully saturated rings. The maximum atomic E-state index is 5.66. The lowest BCUT2D eigenvalue weighted by molar-refractivity contribution is 0.134. The molecule has 0 saturated heterocycles. The van der Waals surface area contributed by atoms with Crippen LogP contribution in [-0.2, 0) is 11.2 Å². The Balaban J connectivity index is 1.42. The van der Waals surface area contributed by atoms with Crippen LogP contribution in [0.4, 0.5) is 0 Å². The van der Waals surface area contributed by atoms with E-state index in [9.17, 15) is 0 Å². The average molecular weight is 247 g/mol. The molecule has 100 valence electrons. The molecule has 2 heteroatoms. The van der Waals surface area contributed by atoms with Crippen molar-refractivity contribution in [1.29, 1.82) is 0 Å². The Bertz CT molecular complexity index is 306. The standard InChI is InChI=1S/C16H25NO/c1-2-7-15(8-3-1)11-14-18-13-6-12-17-16-9-4-5-10-16/h1-3,7-8,16-17H,4-6,9-14H2. The van der Waals surface area contributed by atoms with Gasteiger partial charge in [-0.05, 0) is 37.8 Å². The van der Waals surface area contributed by atoms with Crippen molar-refractivity contribution in [1.82, 2.24) is 5.32 Å². The van der Waals surface area contributed by atoms with Gasteiger partial charge >= 0.3 is 0 Å². The van der Waals surface area contributed by atoms with Gasteiger partial charge < -0.3 is 10.1 Å². The minimum Gasteiger partial charge on any atom is -0.381 e. The number of nitrogens with one attached hydrogen (secondary N) is 1. The van der Waals surface area contributed by atoms with Gasteiger partial charge in [-0.25, -0.2) is 0 Å². The summed E-state index contributed by atoms with van der Waals surface area (Å²) in [4.78, 5) is 0. The fourth-order valence-electron chi connectivity index (χ4n) is 2.55. The smallest absolute Gasteiger partial charge is 0.0506 e. The molecule has 2 nitrogen and oxygen atoms in total. The van der Waals surface area contributed by atoms with E-state index in [0.29, 0.717) is 0 Å². The number of benzene rings is 1. The Kier molecular flexibility index (Phi) is 6.24. The number of hydrogen-bond donors (Lipinski definition) is 1.